The van der Waals surface area contributed by atoms with Crippen LogP contribution in [0.15, 0.2) is 48.8 Å². The Morgan fingerprint density at radius 2 is 1.67 bits per heavy atom. The summed E-state index contributed by atoms with van der Waals surface area (Å²) in [6.07, 6.45) is 3.58. The van der Waals surface area contributed by atoms with E-state index in [0.717, 1.165) is 5.56 Å². The van der Waals surface area contributed by atoms with Gasteiger partial charge in [-0.3, -0.25) is 4.98 Å². The van der Waals surface area contributed by atoms with Crippen LogP contribution in [0.25, 0.3) is 0 Å². The van der Waals surface area contributed by atoms with Crippen molar-refractivity contribution in [2.24, 2.45) is 0 Å². The van der Waals surface area contributed by atoms with Crippen molar-refractivity contribution in [1.29, 1.82) is 0 Å². The molecule has 0 bridgehead atoms. The van der Waals surface area contributed by atoms with Gasteiger partial charge in [-0.05, 0) is 37.6 Å². The van der Waals surface area contributed by atoms with Gasteiger partial charge in [-0.25, -0.2) is 0 Å². The lowest BCUT2D eigenvalue weighted by atomic mass is 10.0. The molecule has 0 aliphatic rings. The molecule has 0 aliphatic carbocycles. The molecular formula is C15H18N2O. The first kappa shape index (κ1) is 12.6. The molecule has 0 saturated heterocycles. The van der Waals surface area contributed by atoms with Gasteiger partial charge in [0.15, 0.2) is 0 Å². The van der Waals surface area contributed by atoms with Gasteiger partial charge < -0.3 is 10.4 Å². The molecule has 3 nitrogen and oxygen atoms in total. The molecule has 2 rings (SSSR count). The SMILES string of the molecule is CC(N[C@@H](C)c1ccncc1)c1ccccc1O. The number of hydrogen-bond acceptors (Lipinski definition) is 3. The number of nitrogens with zero attached hydrogens (tertiary/aromatic N) is 1. The summed E-state index contributed by atoms with van der Waals surface area (Å²) >= 11 is 0. The van der Waals surface area contributed by atoms with Crippen molar-refractivity contribution in [3.63, 3.8) is 0 Å². The van der Waals surface area contributed by atoms with E-state index < -0.39 is 0 Å². The van der Waals surface area contributed by atoms with E-state index in [2.05, 4.69) is 17.2 Å². The van der Waals surface area contributed by atoms with Crippen molar-refractivity contribution in [3.05, 3.63) is 59.9 Å². The second kappa shape index (κ2) is 5.65. The Balaban J connectivity index is 2.08. The average molecular weight is 242 g/mol. The summed E-state index contributed by atoms with van der Waals surface area (Å²) in [6.45, 7) is 4.15. The quantitative estimate of drug-likeness (QED) is 0.865. The maximum Gasteiger partial charge on any atom is 0.120 e. The van der Waals surface area contributed by atoms with Crippen molar-refractivity contribution in [3.8, 4) is 5.75 Å². The monoisotopic (exact) mass is 242 g/mol. The van der Waals surface area contributed by atoms with E-state index in [1.807, 2.05) is 37.3 Å². The highest BCUT2D eigenvalue weighted by Gasteiger charge is 2.13. The van der Waals surface area contributed by atoms with Gasteiger partial charge in [0, 0.05) is 30.0 Å². The molecule has 18 heavy (non-hydrogen) atoms. The predicted molar refractivity (Wildman–Crippen MR) is 72.3 cm³/mol. The van der Waals surface area contributed by atoms with Crippen molar-refractivity contribution < 1.29 is 5.11 Å². The van der Waals surface area contributed by atoms with Gasteiger partial charge >= 0.3 is 0 Å². The van der Waals surface area contributed by atoms with Crippen LogP contribution in [0.2, 0.25) is 0 Å². The predicted octanol–water partition coefficient (Wildman–Crippen LogP) is 3.20. The van der Waals surface area contributed by atoms with E-state index in [9.17, 15) is 5.11 Å². The number of phenols is 1. The van der Waals surface area contributed by atoms with Crippen LogP contribution in [0.4, 0.5) is 0 Å². The molecule has 2 aromatic rings. The van der Waals surface area contributed by atoms with E-state index in [1.54, 1.807) is 18.5 Å². The van der Waals surface area contributed by atoms with Gasteiger partial charge in [0.2, 0.25) is 0 Å². The number of aromatic nitrogens is 1. The Hall–Kier alpha value is -1.87. The second-order valence-corrected chi connectivity index (χ2v) is 4.45. The molecule has 0 aliphatic heterocycles. The van der Waals surface area contributed by atoms with Gasteiger partial charge in [-0.2, -0.15) is 0 Å². The minimum atomic E-state index is 0.0920. The third kappa shape index (κ3) is 2.87. The molecule has 1 heterocycles. The first-order valence-corrected chi connectivity index (χ1v) is 6.12. The molecule has 2 N–H and O–H groups in total. The average Bonchev–Trinajstić information content (AvgIpc) is 2.40. The maximum absolute atomic E-state index is 9.81. The van der Waals surface area contributed by atoms with Crippen LogP contribution in [0, 0.1) is 0 Å². The fourth-order valence-electron chi connectivity index (χ4n) is 2.07. The lowest BCUT2D eigenvalue weighted by Gasteiger charge is -2.21. The summed E-state index contributed by atoms with van der Waals surface area (Å²) < 4.78 is 0. The second-order valence-electron chi connectivity index (χ2n) is 4.45. The first-order valence-electron chi connectivity index (χ1n) is 6.12. The van der Waals surface area contributed by atoms with E-state index in [0.29, 0.717) is 5.75 Å². The highest BCUT2D eigenvalue weighted by Crippen LogP contribution is 2.25. The highest BCUT2D eigenvalue weighted by molar-refractivity contribution is 5.34. The van der Waals surface area contributed by atoms with Crippen LogP contribution >= 0.6 is 0 Å². The topological polar surface area (TPSA) is 45.2 Å². The van der Waals surface area contributed by atoms with Gasteiger partial charge in [-0.1, -0.05) is 18.2 Å². The third-order valence-electron chi connectivity index (χ3n) is 3.11. The highest BCUT2D eigenvalue weighted by atomic mass is 16.3. The molecule has 1 unspecified atom stereocenters. The summed E-state index contributed by atoms with van der Waals surface area (Å²) in [5.41, 5.74) is 2.10. The van der Waals surface area contributed by atoms with Gasteiger partial charge in [0.25, 0.3) is 0 Å². The van der Waals surface area contributed by atoms with Crippen LogP contribution in [0.1, 0.15) is 37.1 Å². The molecule has 94 valence electrons. The minimum absolute atomic E-state index is 0.0920. The van der Waals surface area contributed by atoms with Crippen LogP contribution < -0.4 is 5.32 Å². The summed E-state index contributed by atoms with van der Waals surface area (Å²) in [7, 11) is 0. The van der Waals surface area contributed by atoms with Gasteiger partial charge in [0.1, 0.15) is 5.75 Å². The lowest BCUT2D eigenvalue weighted by Crippen LogP contribution is -2.22. The molecule has 2 atom stereocenters. The molecule has 0 radical (unpaired) electrons. The van der Waals surface area contributed by atoms with E-state index >= 15 is 0 Å². The van der Waals surface area contributed by atoms with Gasteiger partial charge in [0.05, 0.1) is 0 Å². The molecular weight excluding hydrogens is 224 g/mol. The molecule has 1 aromatic carbocycles. The van der Waals surface area contributed by atoms with Crippen molar-refractivity contribution >= 4 is 0 Å². The van der Waals surface area contributed by atoms with Crippen molar-refractivity contribution in [1.82, 2.24) is 10.3 Å². The zero-order valence-electron chi connectivity index (χ0n) is 10.7. The number of para-hydroxylation sites is 1. The molecule has 0 spiro atoms. The van der Waals surface area contributed by atoms with Crippen molar-refractivity contribution in [2.75, 3.05) is 0 Å². The molecule has 0 fully saturated rings. The molecule has 1 aromatic heterocycles. The number of nitrogens with one attached hydrogen (secondary N) is 1. The molecule has 3 heteroatoms. The number of benzene rings is 1. The van der Waals surface area contributed by atoms with E-state index in [-0.39, 0.29) is 12.1 Å². The minimum Gasteiger partial charge on any atom is -0.508 e. The van der Waals surface area contributed by atoms with Crippen molar-refractivity contribution in [2.45, 2.75) is 25.9 Å². The van der Waals surface area contributed by atoms with E-state index in [1.165, 1.54) is 5.56 Å². The summed E-state index contributed by atoms with van der Waals surface area (Å²) in [6, 6.07) is 11.7. The Morgan fingerprint density at radius 1 is 1.00 bits per heavy atom. The number of pyridine rings is 1. The van der Waals surface area contributed by atoms with Crippen LogP contribution in [0.3, 0.4) is 0 Å². The standard InChI is InChI=1S/C15H18N2O/c1-11(13-7-9-16-10-8-13)17-12(2)14-5-3-4-6-15(14)18/h3-12,17-18H,1-2H3/t11-,12?/m0/s1. The molecule has 0 amide bonds. The first-order chi connectivity index (χ1) is 8.68. The number of aromatic hydroxyl groups is 1. The summed E-state index contributed by atoms with van der Waals surface area (Å²) in [5.74, 6) is 0.333. The summed E-state index contributed by atoms with van der Waals surface area (Å²) in [4.78, 5) is 4.01. The van der Waals surface area contributed by atoms with Gasteiger partial charge in [-0.15, -0.1) is 0 Å². The molecule has 0 saturated carbocycles. The smallest absolute Gasteiger partial charge is 0.120 e. The Kier molecular flexibility index (Phi) is 3.95. The van der Waals surface area contributed by atoms with Crippen LogP contribution in [-0.4, -0.2) is 10.1 Å². The normalized spacial score (nSPS) is 14.1. The fourth-order valence-corrected chi connectivity index (χ4v) is 2.07. The fraction of sp³-hybridized carbons (Fsp3) is 0.267. The van der Waals surface area contributed by atoms with E-state index in [4.69, 9.17) is 0 Å². The number of rotatable bonds is 4. The van der Waals surface area contributed by atoms with Crippen LogP contribution in [0.5, 0.6) is 5.75 Å². The maximum atomic E-state index is 9.81. The Labute approximate surface area is 108 Å². The third-order valence-corrected chi connectivity index (χ3v) is 3.11. The zero-order valence-corrected chi connectivity index (χ0v) is 10.7. The largest absolute Gasteiger partial charge is 0.508 e. The number of hydrogen-bond donors (Lipinski definition) is 2. The lowest BCUT2D eigenvalue weighted by molar-refractivity contribution is 0.438. The Morgan fingerprint density at radius 3 is 2.33 bits per heavy atom. The number of phenolic OH excluding ortho intramolecular Hbond substituents is 1. The van der Waals surface area contributed by atoms with Crippen LogP contribution in [-0.2, 0) is 0 Å². The summed E-state index contributed by atoms with van der Waals surface area (Å²) in [5, 5.41) is 13.3. The Bertz CT molecular complexity index is 499. The zero-order chi connectivity index (χ0) is 13.0.